The highest BCUT2D eigenvalue weighted by atomic mass is 16.2. The van der Waals surface area contributed by atoms with E-state index in [1.54, 1.807) is 0 Å². The van der Waals surface area contributed by atoms with Gasteiger partial charge in [-0.1, -0.05) is 12.1 Å². The van der Waals surface area contributed by atoms with Gasteiger partial charge in [0.05, 0.1) is 23.4 Å². The van der Waals surface area contributed by atoms with Gasteiger partial charge in [0, 0.05) is 0 Å². The van der Waals surface area contributed by atoms with Gasteiger partial charge in [-0.15, -0.1) is 0 Å². The van der Waals surface area contributed by atoms with Gasteiger partial charge < -0.3 is 5.73 Å². The number of rotatable bonds is 2. The Balaban J connectivity index is 2.14. The van der Waals surface area contributed by atoms with Gasteiger partial charge in [0.15, 0.2) is 0 Å². The number of aromatic nitrogens is 2. The molecule has 18 heavy (non-hydrogen) atoms. The first-order valence-electron chi connectivity index (χ1n) is 5.01. The Morgan fingerprint density at radius 1 is 1.28 bits per heavy atom. The zero-order valence-electron chi connectivity index (χ0n) is 9.20. The van der Waals surface area contributed by atoms with Crippen molar-refractivity contribution in [2.24, 2.45) is 10.8 Å². The smallest absolute Gasteiger partial charge is 0.329 e. The molecule has 1 aromatic heterocycles. The van der Waals surface area contributed by atoms with E-state index in [-0.39, 0.29) is 0 Å². The number of nitrogens with one attached hydrogen (secondary N) is 1. The molecule has 0 radical (unpaired) electrons. The highest BCUT2D eigenvalue weighted by molar-refractivity contribution is 6.34. The van der Waals surface area contributed by atoms with Crippen LogP contribution in [0.1, 0.15) is 5.69 Å². The molecule has 2 amide bonds. The normalized spacial score (nSPS) is 10.7. The molecule has 1 heterocycles. The largest absolute Gasteiger partial charge is 0.361 e. The summed E-state index contributed by atoms with van der Waals surface area (Å²) >= 11 is 0. The number of hydrogen-bond acceptors (Lipinski definition) is 5. The van der Waals surface area contributed by atoms with Crippen LogP contribution in [-0.2, 0) is 9.59 Å². The number of nitrogens with zero attached hydrogens (tertiary/aromatic N) is 3. The van der Waals surface area contributed by atoms with Crippen LogP contribution in [0.5, 0.6) is 0 Å². The Morgan fingerprint density at radius 2 is 2.00 bits per heavy atom. The van der Waals surface area contributed by atoms with Crippen LogP contribution in [0.25, 0.3) is 11.0 Å². The molecule has 0 atom stereocenters. The summed E-state index contributed by atoms with van der Waals surface area (Å²) in [7, 11) is 0. The molecule has 0 spiro atoms. The van der Waals surface area contributed by atoms with Crippen molar-refractivity contribution in [1.82, 2.24) is 15.4 Å². The van der Waals surface area contributed by atoms with E-state index in [1.807, 2.05) is 29.7 Å². The van der Waals surface area contributed by atoms with E-state index < -0.39 is 11.8 Å². The summed E-state index contributed by atoms with van der Waals surface area (Å²) in [6.07, 6.45) is 2.78. The van der Waals surface area contributed by atoms with Crippen molar-refractivity contribution in [2.45, 2.75) is 0 Å². The zero-order chi connectivity index (χ0) is 13.0. The molecule has 90 valence electrons. The maximum absolute atomic E-state index is 10.8. The first-order chi connectivity index (χ1) is 8.66. The number of benzene rings is 1. The van der Waals surface area contributed by atoms with E-state index in [0.717, 1.165) is 5.52 Å². The second-order valence-electron chi connectivity index (χ2n) is 3.35. The lowest BCUT2D eigenvalue weighted by Gasteiger charge is -1.97. The number of primary amides is 1. The van der Waals surface area contributed by atoms with E-state index in [4.69, 9.17) is 5.73 Å². The number of para-hydroxylation sites is 2. The number of nitrogens with two attached hydrogens (primary N) is 1. The average Bonchev–Trinajstić information content (AvgIpc) is 2.38. The van der Waals surface area contributed by atoms with Gasteiger partial charge >= 0.3 is 11.8 Å². The second-order valence-corrected chi connectivity index (χ2v) is 3.35. The Kier molecular flexibility index (Phi) is 3.24. The Morgan fingerprint density at radius 3 is 2.72 bits per heavy atom. The van der Waals surface area contributed by atoms with Gasteiger partial charge in [0.25, 0.3) is 0 Å². The van der Waals surface area contributed by atoms with E-state index >= 15 is 0 Å². The molecule has 0 bridgehead atoms. The van der Waals surface area contributed by atoms with Gasteiger partial charge in [-0.25, -0.2) is 10.4 Å². The lowest BCUT2D eigenvalue weighted by molar-refractivity contribution is -0.137. The highest BCUT2D eigenvalue weighted by Crippen LogP contribution is 2.07. The van der Waals surface area contributed by atoms with Crippen LogP contribution >= 0.6 is 0 Å². The SMILES string of the molecule is NC(=O)C(=O)N/N=C\c1cnc2ccccc2n1. The van der Waals surface area contributed by atoms with Crippen LogP contribution in [0.15, 0.2) is 35.6 Å². The molecule has 0 aliphatic rings. The standard InChI is InChI=1S/C11H9N5O2/c12-10(17)11(18)16-14-6-7-5-13-8-3-1-2-4-9(8)15-7/h1-6H,(H2,12,17)(H,16,18)/b14-6-. The number of carbonyl (C=O) groups is 2. The third-order valence-electron chi connectivity index (χ3n) is 2.05. The lowest BCUT2D eigenvalue weighted by atomic mass is 10.3. The fourth-order valence-corrected chi connectivity index (χ4v) is 1.25. The van der Waals surface area contributed by atoms with Crippen LogP contribution in [0.3, 0.4) is 0 Å². The number of fused-ring (bicyclic) bond motifs is 1. The molecule has 7 heteroatoms. The maximum atomic E-state index is 10.8. The van der Waals surface area contributed by atoms with Gasteiger partial charge in [0.2, 0.25) is 0 Å². The molecule has 2 rings (SSSR count). The summed E-state index contributed by atoms with van der Waals surface area (Å²) in [5.41, 5.74) is 8.63. The molecule has 0 aliphatic heterocycles. The quantitative estimate of drug-likeness (QED) is 0.423. The molecule has 3 N–H and O–H groups in total. The van der Waals surface area contributed by atoms with Crippen LogP contribution in [0, 0.1) is 0 Å². The van der Waals surface area contributed by atoms with E-state index in [0.29, 0.717) is 11.2 Å². The van der Waals surface area contributed by atoms with E-state index in [9.17, 15) is 9.59 Å². The van der Waals surface area contributed by atoms with Crippen LogP contribution in [0.4, 0.5) is 0 Å². The minimum Gasteiger partial charge on any atom is -0.361 e. The van der Waals surface area contributed by atoms with Crippen molar-refractivity contribution in [2.75, 3.05) is 0 Å². The van der Waals surface area contributed by atoms with Crippen LogP contribution < -0.4 is 11.2 Å². The molecule has 0 saturated carbocycles. The summed E-state index contributed by atoms with van der Waals surface area (Å²) in [5, 5.41) is 3.54. The monoisotopic (exact) mass is 243 g/mol. The molecular formula is C11H9N5O2. The third-order valence-corrected chi connectivity index (χ3v) is 2.05. The zero-order valence-corrected chi connectivity index (χ0v) is 9.20. The Labute approximate surface area is 102 Å². The van der Waals surface area contributed by atoms with Gasteiger partial charge in [0.1, 0.15) is 5.69 Å². The molecule has 0 aliphatic carbocycles. The number of hydrazone groups is 1. The van der Waals surface area contributed by atoms with E-state index in [1.165, 1.54) is 12.4 Å². The highest BCUT2D eigenvalue weighted by Gasteiger charge is 2.05. The van der Waals surface area contributed by atoms with Crippen molar-refractivity contribution >= 4 is 29.1 Å². The fourth-order valence-electron chi connectivity index (χ4n) is 1.25. The topological polar surface area (TPSA) is 110 Å². The molecule has 1 aromatic carbocycles. The van der Waals surface area contributed by atoms with Crippen molar-refractivity contribution in [3.05, 3.63) is 36.2 Å². The maximum Gasteiger partial charge on any atom is 0.329 e. The van der Waals surface area contributed by atoms with E-state index in [2.05, 4.69) is 15.1 Å². The predicted octanol–water partition coefficient (Wildman–Crippen LogP) is -0.435. The van der Waals surface area contributed by atoms with Crippen molar-refractivity contribution in [3.63, 3.8) is 0 Å². The molecule has 0 fully saturated rings. The average molecular weight is 243 g/mol. The summed E-state index contributed by atoms with van der Waals surface area (Å²) in [5.74, 6) is -2.09. The number of carbonyl (C=O) groups excluding carboxylic acids is 2. The Bertz CT molecular complexity index is 638. The Hall–Kier alpha value is -2.83. The third kappa shape index (κ3) is 2.64. The second kappa shape index (κ2) is 5.00. The number of hydrogen-bond donors (Lipinski definition) is 2. The molecule has 2 aromatic rings. The molecule has 0 saturated heterocycles. The minimum atomic E-state index is -1.10. The first-order valence-corrected chi connectivity index (χ1v) is 5.01. The van der Waals surface area contributed by atoms with Gasteiger partial charge in [-0.05, 0) is 12.1 Å². The summed E-state index contributed by atoms with van der Waals surface area (Å²) in [6, 6.07) is 7.34. The first kappa shape index (κ1) is 11.6. The van der Waals surface area contributed by atoms with Gasteiger partial charge in [-0.2, -0.15) is 5.10 Å². The van der Waals surface area contributed by atoms with Crippen molar-refractivity contribution < 1.29 is 9.59 Å². The summed E-state index contributed by atoms with van der Waals surface area (Å²) in [4.78, 5) is 29.6. The molecular weight excluding hydrogens is 234 g/mol. The fraction of sp³-hybridized carbons (Fsp3) is 0. The van der Waals surface area contributed by atoms with Gasteiger partial charge in [-0.3, -0.25) is 14.6 Å². The van der Waals surface area contributed by atoms with Crippen LogP contribution in [-0.4, -0.2) is 28.0 Å². The van der Waals surface area contributed by atoms with Crippen molar-refractivity contribution in [1.29, 1.82) is 0 Å². The molecule has 0 unspecified atom stereocenters. The summed E-state index contributed by atoms with van der Waals surface area (Å²) < 4.78 is 0. The lowest BCUT2D eigenvalue weighted by Crippen LogP contribution is -2.32. The summed E-state index contributed by atoms with van der Waals surface area (Å²) in [6.45, 7) is 0. The predicted molar refractivity (Wildman–Crippen MR) is 64.5 cm³/mol. The van der Waals surface area contributed by atoms with Crippen LogP contribution in [0.2, 0.25) is 0 Å². The van der Waals surface area contributed by atoms with Crippen molar-refractivity contribution in [3.8, 4) is 0 Å². The number of amides is 2. The minimum absolute atomic E-state index is 0.457. The molecule has 7 nitrogen and oxygen atoms in total.